The van der Waals surface area contributed by atoms with Crippen LogP contribution < -0.4 is 4.74 Å². The van der Waals surface area contributed by atoms with Gasteiger partial charge in [-0.15, -0.1) is 0 Å². The maximum atomic E-state index is 13.4. The molecule has 6 aromatic rings. The van der Waals surface area contributed by atoms with Crippen molar-refractivity contribution >= 4 is 11.6 Å². The highest BCUT2D eigenvalue weighted by atomic mass is 35.5. The van der Waals surface area contributed by atoms with Gasteiger partial charge in [-0.2, -0.15) is 0 Å². The Hall–Kier alpha value is -4.83. The number of benzene rings is 6. The lowest BCUT2D eigenvalue weighted by atomic mass is 9.85. The van der Waals surface area contributed by atoms with E-state index >= 15 is 0 Å². The summed E-state index contributed by atoms with van der Waals surface area (Å²) in [6, 6.07) is 51.8. The van der Waals surface area contributed by atoms with Crippen molar-refractivity contribution in [1.82, 2.24) is 0 Å². The fraction of sp³-hybridized carbons (Fsp3) is 0.280. The molecule has 0 saturated carbocycles. The lowest BCUT2D eigenvalue weighted by molar-refractivity contribution is -0.379. The van der Waals surface area contributed by atoms with Crippen molar-refractivity contribution < 1.29 is 33.5 Å². The van der Waals surface area contributed by atoms with Crippen molar-refractivity contribution in [2.45, 2.75) is 76.4 Å². The SMILES string of the molecule is CCc1ccc(Cc2cc([C@]3(O)O[C@H](COCc4ccccc4)[C@@H](OCc4ccccc4)[C@H](OCc4ccccc4)[C@H]3OCc3ccccc3)c(OC)cc2Cl)cc1. The summed E-state index contributed by atoms with van der Waals surface area (Å²) < 4.78 is 39.9. The quantitative estimate of drug-likeness (QED) is 0.0928. The van der Waals surface area contributed by atoms with Gasteiger partial charge in [-0.05, 0) is 63.9 Å². The Balaban J connectivity index is 1.33. The first-order chi connectivity index (χ1) is 28.4. The standard InChI is InChI=1S/C50H51ClO7/c1-3-36-24-26-37(27-25-36)28-42-29-43(45(53-2)30-44(42)51)50(52)49(57-34-41-22-14-7-15-23-41)48(56-33-40-20-12-6-13-21-40)47(55-32-39-18-10-5-11-19-39)46(58-50)35-54-31-38-16-8-4-9-17-38/h4-27,29-30,46-49,52H,3,28,31-35H2,1-2H3/t46-,47-,48+,49-,50+/m1/s1. The Kier molecular flexibility index (Phi) is 14.4. The summed E-state index contributed by atoms with van der Waals surface area (Å²) in [6.45, 7) is 3.21. The highest BCUT2D eigenvalue weighted by molar-refractivity contribution is 6.31. The minimum absolute atomic E-state index is 0.0831. The third-order valence-electron chi connectivity index (χ3n) is 10.5. The highest BCUT2D eigenvalue weighted by Crippen LogP contribution is 2.46. The van der Waals surface area contributed by atoms with E-state index in [-0.39, 0.29) is 26.4 Å². The summed E-state index contributed by atoms with van der Waals surface area (Å²) >= 11 is 6.98. The van der Waals surface area contributed by atoms with Crippen LogP contribution in [-0.4, -0.2) is 43.2 Å². The molecule has 58 heavy (non-hydrogen) atoms. The molecule has 6 aromatic carbocycles. The summed E-state index contributed by atoms with van der Waals surface area (Å²) in [6.07, 6.45) is -2.07. The van der Waals surface area contributed by atoms with E-state index in [2.05, 4.69) is 31.2 Å². The van der Waals surface area contributed by atoms with Crippen LogP contribution in [0.25, 0.3) is 0 Å². The molecular formula is C50H51ClO7. The molecule has 1 aliphatic rings. The van der Waals surface area contributed by atoms with Crippen LogP contribution in [0.15, 0.2) is 158 Å². The van der Waals surface area contributed by atoms with Gasteiger partial charge in [0.25, 0.3) is 0 Å². The molecule has 7 rings (SSSR count). The van der Waals surface area contributed by atoms with Gasteiger partial charge in [0.05, 0.1) is 45.7 Å². The van der Waals surface area contributed by atoms with Crippen molar-refractivity contribution in [2.75, 3.05) is 13.7 Å². The summed E-state index contributed by atoms with van der Waals surface area (Å²) in [5, 5.41) is 13.9. The van der Waals surface area contributed by atoms with Gasteiger partial charge in [-0.3, -0.25) is 0 Å². The van der Waals surface area contributed by atoms with Crippen molar-refractivity contribution in [2.24, 2.45) is 0 Å². The zero-order valence-corrected chi connectivity index (χ0v) is 33.8. The van der Waals surface area contributed by atoms with Crippen molar-refractivity contribution in [3.63, 3.8) is 0 Å². The smallest absolute Gasteiger partial charge is 0.226 e. The molecule has 0 aliphatic carbocycles. The summed E-state index contributed by atoms with van der Waals surface area (Å²) in [7, 11) is 1.56. The predicted molar refractivity (Wildman–Crippen MR) is 227 cm³/mol. The van der Waals surface area contributed by atoms with Crippen molar-refractivity contribution in [1.29, 1.82) is 0 Å². The van der Waals surface area contributed by atoms with E-state index in [9.17, 15) is 5.11 Å². The molecule has 300 valence electrons. The van der Waals surface area contributed by atoms with E-state index in [1.807, 2.05) is 127 Å². The molecule has 0 bridgehead atoms. The van der Waals surface area contributed by atoms with Gasteiger partial charge < -0.3 is 33.5 Å². The van der Waals surface area contributed by atoms with E-state index in [0.29, 0.717) is 29.4 Å². The molecule has 1 fully saturated rings. The molecule has 1 saturated heterocycles. The molecule has 0 aromatic heterocycles. The molecule has 1 N–H and O–H groups in total. The normalized spacial score (nSPS) is 20.5. The molecule has 1 heterocycles. The van der Waals surface area contributed by atoms with Gasteiger partial charge in [-0.25, -0.2) is 0 Å². The number of aryl methyl sites for hydroxylation is 1. The molecule has 5 atom stereocenters. The first kappa shape index (κ1) is 41.3. The Morgan fingerprint density at radius 3 is 1.59 bits per heavy atom. The van der Waals surface area contributed by atoms with Crippen LogP contribution in [0.5, 0.6) is 5.75 Å². The predicted octanol–water partition coefficient (Wildman–Crippen LogP) is 10.0. The van der Waals surface area contributed by atoms with E-state index in [1.54, 1.807) is 13.2 Å². The largest absolute Gasteiger partial charge is 0.496 e. The second kappa shape index (κ2) is 20.2. The minimum atomic E-state index is -2.12. The van der Waals surface area contributed by atoms with Crippen LogP contribution in [0.4, 0.5) is 0 Å². The fourth-order valence-corrected chi connectivity index (χ4v) is 7.59. The number of hydrogen-bond acceptors (Lipinski definition) is 7. The van der Waals surface area contributed by atoms with Crippen molar-refractivity contribution in [3.8, 4) is 5.75 Å². The Labute approximate surface area is 347 Å². The lowest BCUT2D eigenvalue weighted by Crippen LogP contribution is -2.65. The number of rotatable bonds is 18. The molecule has 0 unspecified atom stereocenters. The number of aliphatic hydroxyl groups is 1. The average molecular weight is 799 g/mol. The molecule has 0 amide bonds. The fourth-order valence-electron chi connectivity index (χ4n) is 7.37. The molecule has 0 spiro atoms. The van der Waals surface area contributed by atoms with Gasteiger partial charge in [0, 0.05) is 5.02 Å². The molecule has 0 radical (unpaired) electrons. The van der Waals surface area contributed by atoms with E-state index in [4.69, 9.17) is 40.0 Å². The van der Waals surface area contributed by atoms with Crippen LogP contribution in [-0.2, 0) is 68.7 Å². The van der Waals surface area contributed by atoms with Crippen LogP contribution in [0.1, 0.15) is 51.4 Å². The number of ether oxygens (including phenoxy) is 6. The van der Waals surface area contributed by atoms with E-state index < -0.39 is 30.2 Å². The third-order valence-corrected chi connectivity index (χ3v) is 10.9. The highest BCUT2D eigenvalue weighted by Gasteiger charge is 2.58. The maximum Gasteiger partial charge on any atom is 0.226 e. The zero-order chi connectivity index (χ0) is 40.2. The molecule has 8 heteroatoms. The maximum absolute atomic E-state index is 13.4. The minimum Gasteiger partial charge on any atom is -0.496 e. The lowest BCUT2D eigenvalue weighted by Gasteiger charge is -2.50. The number of hydrogen-bond donors (Lipinski definition) is 1. The Morgan fingerprint density at radius 2 is 1.07 bits per heavy atom. The van der Waals surface area contributed by atoms with Gasteiger partial charge in [-0.1, -0.05) is 164 Å². The van der Waals surface area contributed by atoms with Gasteiger partial charge in [0.15, 0.2) is 0 Å². The first-order valence-corrected chi connectivity index (χ1v) is 20.2. The van der Waals surface area contributed by atoms with E-state index in [0.717, 1.165) is 39.8 Å². The second-order valence-corrected chi connectivity index (χ2v) is 15.0. The third kappa shape index (κ3) is 10.4. The van der Waals surface area contributed by atoms with E-state index in [1.165, 1.54) is 5.56 Å². The number of halogens is 1. The van der Waals surface area contributed by atoms with Crippen LogP contribution in [0.2, 0.25) is 5.02 Å². The topological polar surface area (TPSA) is 75.6 Å². The number of methoxy groups -OCH3 is 1. The van der Waals surface area contributed by atoms with Gasteiger partial charge in [0.1, 0.15) is 30.2 Å². The van der Waals surface area contributed by atoms with Gasteiger partial charge >= 0.3 is 0 Å². The van der Waals surface area contributed by atoms with Crippen LogP contribution >= 0.6 is 11.6 Å². The first-order valence-electron chi connectivity index (χ1n) is 19.9. The second-order valence-electron chi connectivity index (χ2n) is 14.6. The summed E-state index contributed by atoms with van der Waals surface area (Å²) in [4.78, 5) is 0. The molecule has 1 aliphatic heterocycles. The van der Waals surface area contributed by atoms with Crippen LogP contribution in [0, 0.1) is 0 Å². The van der Waals surface area contributed by atoms with Crippen molar-refractivity contribution in [3.05, 3.63) is 207 Å². The Bertz CT molecular complexity index is 2130. The molecule has 7 nitrogen and oxygen atoms in total. The zero-order valence-electron chi connectivity index (χ0n) is 33.0. The van der Waals surface area contributed by atoms with Crippen LogP contribution in [0.3, 0.4) is 0 Å². The average Bonchev–Trinajstić information content (AvgIpc) is 3.27. The summed E-state index contributed by atoms with van der Waals surface area (Å²) in [5.74, 6) is -1.78. The monoisotopic (exact) mass is 798 g/mol. The van der Waals surface area contributed by atoms with Gasteiger partial charge in [0.2, 0.25) is 5.79 Å². The summed E-state index contributed by atoms with van der Waals surface area (Å²) in [5.41, 5.74) is 7.34. The Morgan fingerprint density at radius 1 is 0.586 bits per heavy atom. The molecular weight excluding hydrogens is 748 g/mol.